The fourth-order valence-electron chi connectivity index (χ4n) is 2.14. The third kappa shape index (κ3) is 3.80. The Morgan fingerprint density at radius 3 is 2.58 bits per heavy atom. The molecule has 0 radical (unpaired) electrons. The van der Waals surface area contributed by atoms with Crippen LogP contribution in [-0.2, 0) is 0 Å². The average molecular weight is 189 g/mol. The fraction of sp³-hybridized carbons (Fsp3) is 1.00. The van der Waals surface area contributed by atoms with Gasteiger partial charge in [-0.15, -0.1) is 11.6 Å². The molecule has 2 atom stereocenters. The lowest BCUT2D eigenvalue weighted by atomic mass is 10.00. The smallest absolute Gasteiger partial charge is 0.0338 e. The largest absolute Gasteiger partial charge is 0.123 e. The zero-order chi connectivity index (χ0) is 8.81. The van der Waals surface area contributed by atoms with Crippen LogP contribution in [0.4, 0.5) is 0 Å². The van der Waals surface area contributed by atoms with Crippen LogP contribution in [0.15, 0.2) is 0 Å². The van der Waals surface area contributed by atoms with Crippen molar-refractivity contribution in [1.82, 2.24) is 0 Å². The molecule has 1 heteroatoms. The van der Waals surface area contributed by atoms with E-state index in [9.17, 15) is 0 Å². The molecule has 1 aliphatic carbocycles. The molecule has 0 aromatic heterocycles. The molecule has 0 bridgehead atoms. The Labute approximate surface area is 81.7 Å². The standard InChI is InChI=1S/C11H21Cl/c1-2-3-4-5-6-10-7-8-11(12)9-10/h10-11H,2-9H2,1H3. The van der Waals surface area contributed by atoms with E-state index in [2.05, 4.69) is 6.92 Å². The van der Waals surface area contributed by atoms with Gasteiger partial charge in [0.1, 0.15) is 0 Å². The lowest BCUT2D eigenvalue weighted by Crippen LogP contribution is -1.95. The predicted octanol–water partition coefficient (Wildman–Crippen LogP) is 4.36. The third-order valence-electron chi connectivity index (χ3n) is 2.94. The second-order valence-electron chi connectivity index (χ2n) is 4.13. The maximum absolute atomic E-state index is 6.05. The van der Waals surface area contributed by atoms with Crippen LogP contribution >= 0.6 is 11.6 Å². The van der Waals surface area contributed by atoms with Gasteiger partial charge in [-0.05, 0) is 25.2 Å². The molecule has 2 unspecified atom stereocenters. The van der Waals surface area contributed by atoms with Crippen LogP contribution < -0.4 is 0 Å². The Bertz CT molecular complexity index is 112. The Hall–Kier alpha value is 0.290. The van der Waals surface area contributed by atoms with Gasteiger partial charge in [-0.25, -0.2) is 0 Å². The van der Waals surface area contributed by atoms with Gasteiger partial charge in [0.2, 0.25) is 0 Å². The first-order valence-electron chi connectivity index (χ1n) is 5.47. The number of alkyl halides is 1. The van der Waals surface area contributed by atoms with E-state index >= 15 is 0 Å². The number of hydrogen-bond acceptors (Lipinski definition) is 0. The second-order valence-corrected chi connectivity index (χ2v) is 4.74. The van der Waals surface area contributed by atoms with Crippen LogP contribution in [0.5, 0.6) is 0 Å². The van der Waals surface area contributed by atoms with Gasteiger partial charge in [-0.1, -0.05) is 39.0 Å². The molecule has 0 spiro atoms. The number of hydrogen-bond donors (Lipinski definition) is 0. The van der Waals surface area contributed by atoms with Crippen molar-refractivity contribution in [2.75, 3.05) is 0 Å². The second kappa shape index (κ2) is 5.85. The molecule has 0 aromatic rings. The van der Waals surface area contributed by atoms with Gasteiger partial charge >= 0.3 is 0 Å². The van der Waals surface area contributed by atoms with Crippen LogP contribution in [-0.4, -0.2) is 5.38 Å². The molecule has 0 amide bonds. The molecule has 0 saturated heterocycles. The van der Waals surface area contributed by atoms with E-state index in [1.807, 2.05) is 0 Å². The zero-order valence-electron chi connectivity index (χ0n) is 8.19. The molecule has 1 rings (SSSR count). The van der Waals surface area contributed by atoms with Crippen molar-refractivity contribution in [1.29, 1.82) is 0 Å². The van der Waals surface area contributed by atoms with E-state index in [4.69, 9.17) is 11.6 Å². The molecule has 0 nitrogen and oxygen atoms in total. The highest BCUT2D eigenvalue weighted by atomic mass is 35.5. The first-order chi connectivity index (χ1) is 5.83. The molecule has 0 heterocycles. The first kappa shape index (κ1) is 10.4. The van der Waals surface area contributed by atoms with Gasteiger partial charge in [0.15, 0.2) is 0 Å². The monoisotopic (exact) mass is 188 g/mol. The van der Waals surface area contributed by atoms with E-state index < -0.39 is 0 Å². The van der Waals surface area contributed by atoms with Crippen LogP contribution in [0.3, 0.4) is 0 Å². The lowest BCUT2D eigenvalue weighted by Gasteiger charge is -2.07. The van der Waals surface area contributed by atoms with E-state index in [-0.39, 0.29) is 0 Å². The number of unbranched alkanes of at least 4 members (excludes halogenated alkanes) is 3. The van der Waals surface area contributed by atoms with Crippen LogP contribution in [0.1, 0.15) is 58.3 Å². The Morgan fingerprint density at radius 2 is 2.00 bits per heavy atom. The summed E-state index contributed by atoms with van der Waals surface area (Å²) >= 11 is 6.05. The molecule has 0 aromatic carbocycles. The zero-order valence-corrected chi connectivity index (χ0v) is 8.95. The minimum absolute atomic E-state index is 0.501. The van der Waals surface area contributed by atoms with Gasteiger partial charge in [0.05, 0.1) is 0 Å². The molecule has 1 fully saturated rings. The average Bonchev–Trinajstić information content (AvgIpc) is 2.45. The third-order valence-corrected chi connectivity index (χ3v) is 3.34. The Kier molecular flexibility index (Phi) is 5.06. The SMILES string of the molecule is CCCCCCC1CCC(Cl)C1. The molecule has 72 valence electrons. The Balaban J connectivity index is 1.93. The molecule has 1 saturated carbocycles. The molecular weight excluding hydrogens is 168 g/mol. The highest BCUT2D eigenvalue weighted by Crippen LogP contribution is 2.32. The van der Waals surface area contributed by atoms with Crippen molar-refractivity contribution in [3.05, 3.63) is 0 Å². The van der Waals surface area contributed by atoms with Gasteiger partial charge in [-0.3, -0.25) is 0 Å². The van der Waals surface area contributed by atoms with Crippen LogP contribution in [0.25, 0.3) is 0 Å². The fourth-order valence-corrected chi connectivity index (χ4v) is 2.51. The van der Waals surface area contributed by atoms with Crippen molar-refractivity contribution in [2.24, 2.45) is 5.92 Å². The van der Waals surface area contributed by atoms with Crippen LogP contribution in [0, 0.1) is 5.92 Å². The summed E-state index contributed by atoms with van der Waals surface area (Å²) in [7, 11) is 0. The minimum Gasteiger partial charge on any atom is -0.123 e. The minimum atomic E-state index is 0.501. The quantitative estimate of drug-likeness (QED) is 0.444. The normalized spacial score (nSPS) is 29.5. The van der Waals surface area contributed by atoms with Crippen molar-refractivity contribution in [3.63, 3.8) is 0 Å². The number of rotatable bonds is 5. The lowest BCUT2D eigenvalue weighted by molar-refractivity contribution is 0.467. The summed E-state index contributed by atoms with van der Waals surface area (Å²) in [5.41, 5.74) is 0. The van der Waals surface area contributed by atoms with E-state index in [0.717, 1.165) is 5.92 Å². The first-order valence-corrected chi connectivity index (χ1v) is 5.90. The predicted molar refractivity (Wildman–Crippen MR) is 55.7 cm³/mol. The summed E-state index contributed by atoms with van der Waals surface area (Å²) < 4.78 is 0. The van der Waals surface area contributed by atoms with Gasteiger partial charge in [0.25, 0.3) is 0 Å². The summed E-state index contributed by atoms with van der Waals surface area (Å²) in [6.45, 7) is 2.27. The van der Waals surface area contributed by atoms with Gasteiger partial charge < -0.3 is 0 Å². The molecule has 12 heavy (non-hydrogen) atoms. The van der Waals surface area contributed by atoms with Crippen LogP contribution in [0.2, 0.25) is 0 Å². The molecular formula is C11H21Cl. The maximum atomic E-state index is 6.05. The Morgan fingerprint density at radius 1 is 1.17 bits per heavy atom. The molecule has 1 aliphatic rings. The summed E-state index contributed by atoms with van der Waals surface area (Å²) in [4.78, 5) is 0. The molecule has 0 aliphatic heterocycles. The number of halogens is 1. The highest BCUT2D eigenvalue weighted by Gasteiger charge is 2.21. The summed E-state index contributed by atoms with van der Waals surface area (Å²) in [6, 6.07) is 0. The van der Waals surface area contributed by atoms with Gasteiger partial charge in [0, 0.05) is 5.38 Å². The summed E-state index contributed by atoms with van der Waals surface area (Å²) in [5.74, 6) is 0.962. The molecule has 0 N–H and O–H groups in total. The van der Waals surface area contributed by atoms with E-state index in [1.165, 1.54) is 51.4 Å². The topological polar surface area (TPSA) is 0 Å². The van der Waals surface area contributed by atoms with Crippen molar-refractivity contribution < 1.29 is 0 Å². The van der Waals surface area contributed by atoms with E-state index in [0.29, 0.717) is 5.38 Å². The van der Waals surface area contributed by atoms with Gasteiger partial charge in [-0.2, -0.15) is 0 Å². The highest BCUT2D eigenvalue weighted by molar-refractivity contribution is 6.20. The van der Waals surface area contributed by atoms with Crippen molar-refractivity contribution in [2.45, 2.75) is 63.7 Å². The summed E-state index contributed by atoms with van der Waals surface area (Å²) in [5, 5.41) is 0.501. The van der Waals surface area contributed by atoms with E-state index in [1.54, 1.807) is 0 Å². The maximum Gasteiger partial charge on any atom is 0.0338 e. The summed E-state index contributed by atoms with van der Waals surface area (Å²) in [6.07, 6.45) is 11.0. The van der Waals surface area contributed by atoms with Crippen molar-refractivity contribution in [3.8, 4) is 0 Å². The van der Waals surface area contributed by atoms with Crippen molar-refractivity contribution >= 4 is 11.6 Å².